The highest BCUT2D eigenvalue weighted by Gasteiger charge is 2.42. The third kappa shape index (κ3) is 12.8. The maximum atomic E-state index is 14.3. The van der Waals surface area contributed by atoms with Crippen LogP contribution in [-0.4, -0.2) is 184 Å². The standard InChI is InChI=1S/C59H79ClN12O6/c60-46-14-12-41(13-15-46)50(65-58(77)59(61)22-30-70(31-23-59)54-49-16-24-62-53(49)63-39-64-54)21-27-67-32-34-69(35-33-67)51(73)38-68-25-17-47(18-26-68)78-48-19-28-71(29-20-48)57(76)52(42-4-2-1-3-5-42)66-55(74)43-8-6-40(7-9-43)45-36-72(37-45)56(75)44-10-11-44/h6-9,12-16,24,39,42,44-45,47-48,50,52H,1-5,10-11,17-23,25-38,61H2,(H,65,77)(H,66,74)(H,62,63,64)/t50-,52+/m0/s1. The van der Waals surface area contributed by atoms with Crippen LogP contribution in [0.4, 0.5) is 5.82 Å². The molecule has 2 atom stereocenters. The Bertz CT molecular complexity index is 2710. The van der Waals surface area contributed by atoms with E-state index in [-0.39, 0.29) is 59.6 Å². The van der Waals surface area contributed by atoms with Crippen LogP contribution in [0.25, 0.3) is 11.0 Å². The van der Waals surface area contributed by atoms with Gasteiger partial charge in [-0.2, -0.15) is 0 Å². The Hall–Kier alpha value is -5.66. The second kappa shape index (κ2) is 24.4. The molecule has 18 nitrogen and oxygen atoms in total. The van der Waals surface area contributed by atoms with Crippen molar-refractivity contribution in [3.8, 4) is 0 Å². The Morgan fingerprint density at radius 1 is 0.718 bits per heavy atom. The number of nitrogens with one attached hydrogen (secondary N) is 3. The fourth-order valence-corrected chi connectivity index (χ4v) is 13.0. The van der Waals surface area contributed by atoms with Gasteiger partial charge >= 0.3 is 0 Å². The van der Waals surface area contributed by atoms with Crippen molar-refractivity contribution in [1.82, 2.24) is 50.1 Å². The van der Waals surface area contributed by atoms with Crippen LogP contribution in [0.2, 0.25) is 5.02 Å². The summed E-state index contributed by atoms with van der Waals surface area (Å²) in [4.78, 5) is 92.8. The molecule has 418 valence electrons. The van der Waals surface area contributed by atoms with Gasteiger partial charge in [-0.1, -0.05) is 55.1 Å². The van der Waals surface area contributed by atoms with Gasteiger partial charge in [0.15, 0.2) is 0 Å². The molecule has 0 spiro atoms. The number of hydrogen-bond donors (Lipinski definition) is 4. The Balaban J connectivity index is 0.589. The van der Waals surface area contributed by atoms with Gasteiger partial charge in [-0.05, 0) is 118 Å². The first-order chi connectivity index (χ1) is 37.9. The number of nitrogens with two attached hydrogens (primary N) is 1. The van der Waals surface area contributed by atoms with Crippen molar-refractivity contribution in [2.24, 2.45) is 17.6 Å². The predicted octanol–water partition coefficient (Wildman–Crippen LogP) is 5.49. The summed E-state index contributed by atoms with van der Waals surface area (Å²) in [6.07, 6.45) is 15.8. The number of piperidine rings is 3. The number of amides is 5. The van der Waals surface area contributed by atoms with Crippen LogP contribution in [0.1, 0.15) is 123 Å². The second-order valence-corrected chi connectivity index (χ2v) is 23.9. The zero-order chi connectivity index (χ0) is 53.8. The molecule has 78 heavy (non-hydrogen) atoms. The second-order valence-electron chi connectivity index (χ2n) is 23.5. The van der Waals surface area contributed by atoms with Gasteiger partial charge in [0.05, 0.1) is 35.7 Å². The van der Waals surface area contributed by atoms with Gasteiger partial charge in [0.1, 0.15) is 23.8 Å². The fourth-order valence-electron chi connectivity index (χ4n) is 12.9. The maximum Gasteiger partial charge on any atom is 0.251 e. The topological polar surface area (TPSA) is 206 Å². The zero-order valence-electron chi connectivity index (χ0n) is 45.2. The number of carbonyl (C=O) groups excluding carboxylic acids is 5. The molecule has 7 heterocycles. The molecule has 0 bridgehead atoms. The van der Waals surface area contributed by atoms with E-state index in [1.54, 1.807) is 6.33 Å². The number of carbonyl (C=O) groups is 5. The Labute approximate surface area is 463 Å². The van der Waals surface area contributed by atoms with Crippen LogP contribution in [0.3, 0.4) is 0 Å². The van der Waals surface area contributed by atoms with Gasteiger partial charge < -0.3 is 45.7 Å². The molecule has 2 aromatic carbocycles. The molecule has 11 rings (SSSR count). The SMILES string of the molecule is NC1(C(=O)N[C@@H](CCN2CCN(C(=O)CN3CCC(OC4CCN(C(=O)[C@H](NC(=O)c5ccc(C6CN(C(=O)C7CC7)C6)cc5)C5CCCCC5)CC4)CC3)CC2)c2ccc(Cl)cc2)CCN(c2ncnc3[nH]ccc23)CC1. The van der Waals surface area contributed by atoms with Crippen molar-refractivity contribution < 1.29 is 28.7 Å². The van der Waals surface area contributed by atoms with Crippen LogP contribution in [-0.2, 0) is 23.9 Å². The molecular weight excluding hydrogens is 1010 g/mol. The number of hydrogen-bond acceptors (Lipinski definition) is 12. The van der Waals surface area contributed by atoms with E-state index in [9.17, 15) is 24.0 Å². The number of anilines is 1. The number of piperazine rings is 1. The number of likely N-dealkylation sites (tertiary alicyclic amines) is 3. The molecule has 4 aromatic rings. The molecule has 5 aliphatic heterocycles. The Kier molecular flexibility index (Phi) is 17.0. The molecule has 7 fully saturated rings. The summed E-state index contributed by atoms with van der Waals surface area (Å²) in [5.74, 6) is 1.63. The van der Waals surface area contributed by atoms with Crippen LogP contribution in [0.5, 0.6) is 0 Å². The van der Waals surface area contributed by atoms with Gasteiger partial charge in [-0.25, -0.2) is 9.97 Å². The summed E-state index contributed by atoms with van der Waals surface area (Å²) in [5.41, 5.74) is 9.33. The zero-order valence-corrected chi connectivity index (χ0v) is 45.9. The number of nitrogens with zero attached hydrogens (tertiary/aromatic N) is 8. The summed E-state index contributed by atoms with van der Waals surface area (Å²) >= 11 is 6.29. The van der Waals surface area contributed by atoms with E-state index in [1.807, 2.05) is 75.5 Å². The third-order valence-corrected chi connectivity index (χ3v) is 18.5. The maximum absolute atomic E-state index is 14.3. The summed E-state index contributed by atoms with van der Waals surface area (Å²) < 4.78 is 6.67. The van der Waals surface area contributed by atoms with E-state index in [0.29, 0.717) is 81.6 Å². The van der Waals surface area contributed by atoms with Crippen molar-refractivity contribution in [3.63, 3.8) is 0 Å². The Morgan fingerprint density at radius 2 is 1.40 bits per heavy atom. The highest BCUT2D eigenvalue weighted by Crippen LogP contribution is 2.37. The summed E-state index contributed by atoms with van der Waals surface area (Å²) in [6.45, 7) is 9.53. The first-order valence-electron chi connectivity index (χ1n) is 29.2. The number of ether oxygens (including phenoxy) is 1. The minimum absolute atomic E-state index is 0.0240. The van der Waals surface area contributed by atoms with E-state index in [1.165, 1.54) is 0 Å². The van der Waals surface area contributed by atoms with Gasteiger partial charge in [-0.3, -0.25) is 33.8 Å². The lowest BCUT2D eigenvalue weighted by Crippen LogP contribution is -2.60. The number of halogens is 1. The van der Waals surface area contributed by atoms with Crippen molar-refractivity contribution in [1.29, 1.82) is 0 Å². The number of aromatic nitrogens is 3. The van der Waals surface area contributed by atoms with Crippen LogP contribution in [0.15, 0.2) is 67.1 Å². The molecule has 0 radical (unpaired) electrons. The minimum Gasteiger partial charge on any atom is -0.375 e. The number of H-pyrrole nitrogens is 1. The highest BCUT2D eigenvalue weighted by molar-refractivity contribution is 6.30. The Morgan fingerprint density at radius 3 is 2.08 bits per heavy atom. The highest BCUT2D eigenvalue weighted by atomic mass is 35.5. The average molecular weight is 1090 g/mol. The molecule has 2 aromatic heterocycles. The van der Waals surface area contributed by atoms with E-state index >= 15 is 0 Å². The molecule has 7 aliphatic rings. The predicted molar refractivity (Wildman–Crippen MR) is 299 cm³/mol. The largest absolute Gasteiger partial charge is 0.375 e. The fraction of sp³-hybridized carbons (Fsp3) is 0.610. The van der Waals surface area contributed by atoms with Crippen LogP contribution in [0, 0.1) is 11.8 Å². The first-order valence-corrected chi connectivity index (χ1v) is 29.6. The van der Waals surface area contributed by atoms with Gasteiger partial charge in [0.2, 0.25) is 23.6 Å². The number of aromatic amines is 1. The third-order valence-electron chi connectivity index (χ3n) is 18.2. The molecule has 2 saturated carbocycles. The van der Waals surface area contributed by atoms with E-state index in [2.05, 4.69) is 40.3 Å². The van der Waals surface area contributed by atoms with E-state index in [0.717, 1.165) is 144 Å². The molecule has 0 unspecified atom stereocenters. The van der Waals surface area contributed by atoms with Crippen LogP contribution >= 0.6 is 11.6 Å². The smallest absolute Gasteiger partial charge is 0.251 e. The quantitative estimate of drug-likeness (QED) is 0.104. The van der Waals surface area contributed by atoms with Gasteiger partial charge in [0, 0.05) is 114 Å². The van der Waals surface area contributed by atoms with Crippen molar-refractivity contribution >= 4 is 58.0 Å². The molecule has 19 heteroatoms. The lowest BCUT2D eigenvalue weighted by molar-refractivity contribution is -0.140. The summed E-state index contributed by atoms with van der Waals surface area (Å²) in [7, 11) is 0. The first kappa shape index (κ1) is 54.3. The molecule has 2 aliphatic carbocycles. The van der Waals surface area contributed by atoms with E-state index in [4.69, 9.17) is 22.1 Å². The number of benzene rings is 2. The lowest BCUT2D eigenvalue weighted by atomic mass is 9.83. The van der Waals surface area contributed by atoms with Gasteiger partial charge in [-0.15, -0.1) is 0 Å². The van der Waals surface area contributed by atoms with Crippen molar-refractivity contribution in [3.05, 3.63) is 88.8 Å². The minimum atomic E-state index is -1.02. The molecule has 5 N–H and O–H groups in total. The summed E-state index contributed by atoms with van der Waals surface area (Å²) in [5, 5.41) is 8.12. The normalized spacial score (nSPS) is 22.2. The number of fused-ring (bicyclic) bond motifs is 1. The van der Waals surface area contributed by atoms with Gasteiger partial charge in [0.25, 0.3) is 5.91 Å². The summed E-state index contributed by atoms with van der Waals surface area (Å²) in [6, 6.07) is 16.6. The monoisotopic (exact) mass is 1090 g/mol. The average Bonchev–Trinajstić information content (AvgIpc) is 4.21. The molecule has 5 saturated heterocycles. The lowest BCUT2D eigenvalue weighted by Gasteiger charge is -2.40. The van der Waals surface area contributed by atoms with Crippen LogP contribution < -0.4 is 21.3 Å². The van der Waals surface area contributed by atoms with E-state index < -0.39 is 11.6 Å². The molecular formula is C59H79ClN12O6. The van der Waals surface area contributed by atoms with Crippen molar-refractivity contribution in [2.45, 2.75) is 126 Å². The number of rotatable bonds is 17. The molecule has 5 amide bonds. The van der Waals surface area contributed by atoms with Crippen molar-refractivity contribution in [2.75, 3.05) is 96.5 Å².